The number of hydrogen-bond acceptors (Lipinski definition) is 3. The molecule has 1 aromatic heterocycles. The molecule has 6 heteroatoms. The fourth-order valence-electron chi connectivity index (χ4n) is 2.97. The highest BCUT2D eigenvalue weighted by Gasteiger charge is 2.04. The van der Waals surface area contributed by atoms with E-state index in [-0.39, 0.29) is 18.3 Å². The molecule has 0 atom stereocenters. The number of nitrogens with zero attached hydrogens (tertiary/aromatic N) is 2. The fraction of sp³-hybridized carbons (Fsp3) is 0.0400. The Morgan fingerprint density at radius 2 is 1.71 bits per heavy atom. The number of ether oxygens (including phenoxy) is 1. The SMILES string of the molecule is O=C(N/N=C/c1ccc(OCc2cccc(F)c2)cc1)c1ccc(-n2cccc2)cc1. The Bertz CT molecular complexity index is 1170. The molecule has 0 fully saturated rings. The first-order chi connectivity index (χ1) is 15.2. The van der Waals surface area contributed by atoms with Gasteiger partial charge in [0.1, 0.15) is 18.2 Å². The van der Waals surface area contributed by atoms with Crippen molar-refractivity contribution in [3.05, 3.63) is 120 Å². The molecule has 0 aliphatic rings. The Kier molecular flexibility index (Phi) is 6.18. The minimum Gasteiger partial charge on any atom is -0.489 e. The van der Waals surface area contributed by atoms with Gasteiger partial charge in [0.25, 0.3) is 5.91 Å². The lowest BCUT2D eigenvalue weighted by Crippen LogP contribution is -2.17. The number of rotatable bonds is 7. The predicted molar refractivity (Wildman–Crippen MR) is 118 cm³/mol. The van der Waals surface area contributed by atoms with Gasteiger partial charge in [-0.15, -0.1) is 0 Å². The molecule has 5 nitrogen and oxygen atoms in total. The van der Waals surface area contributed by atoms with Crippen LogP contribution in [-0.4, -0.2) is 16.7 Å². The third-order valence-corrected chi connectivity index (χ3v) is 4.59. The lowest BCUT2D eigenvalue weighted by Gasteiger charge is -2.06. The summed E-state index contributed by atoms with van der Waals surface area (Å²) in [6.45, 7) is 0.282. The van der Waals surface area contributed by atoms with Crippen LogP contribution in [0.4, 0.5) is 4.39 Å². The zero-order valence-electron chi connectivity index (χ0n) is 16.6. The first-order valence-electron chi connectivity index (χ1n) is 9.71. The van der Waals surface area contributed by atoms with E-state index in [1.165, 1.54) is 12.1 Å². The van der Waals surface area contributed by atoms with Gasteiger partial charge in [-0.05, 0) is 83.9 Å². The number of carbonyl (C=O) groups is 1. The maximum Gasteiger partial charge on any atom is 0.271 e. The van der Waals surface area contributed by atoms with E-state index in [1.807, 2.05) is 53.4 Å². The number of nitrogens with one attached hydrogen (secondary N) is 1. The van der Waals surface area contributed by atoms with Crippen LogP contribution in [0.3, 0.4) is 0 Å². The van der Waals surface area contributed by atoms with Gasteiger partial charge in [-0.1, -0.05) is 12.1 Å². The number of carbonyl (C=O) groups excluding carboxylic acids is 1. The van der Waals surface area contributed by atoms with Gasteiger partial charge in [0.05, 0.1) is 6.21 Å². The number of amides is 1. The molecular formula is C25H20FN3O2. The van der Waals surface area contributed by atoms with Crippen molar-refractivity contribution < 1.29 is 13.9 Å². The summed E-state index contributed by atoms with van der Waals surface area (Å²) in [7, 11) is 0. The molecule has 0 unspecified atom stereocenters. The summed E-state index contributed by atoms with van der Waals surface area (Å²) in [4.78, 5) is 12.3. The van der Waals surface area contributed by atoms with Gasteiger partial charge in [-0.2, -0.15) is 5.10 Å². The summed E-state index contributed by atoms with van der Waals surface area (Å²) in [5.41, 5.74) is 5.59. The van der Waals surface area contributed by atoms with Crippen molar-refractivity contribution in [2.45, 2.75) is 6.61 Å². The molecule has 31 heavy (non-hydrogen) atoms. The largest absolute Gasteiger partial charge is 0.489 e. The van der Waals surface area contributed by atoms with Crippen LogP contribution < -0.4 is 10.2 Å². The second-order valence-electron chi connectivity index (χ2n) is 6.82. The quantitative estimate of drug-likeness (QED) is 0.344. The van der Waals surface area contributed by atoms with E-state index in [9.17, 15) is 9.18 Å². The molecule has 1 heterocycles. The molecule has 0 saturated heterocycles. The Morgan fingerprint density at radius 3 is 2.42 bits per heavy atom. The van der Waals surface area contributed by atoms with E-state index in [0.717, 1.165) is 16.8 Å². The summed E-state index contributed by atoms with van der Waals surface area (Å²) in [6, 6.07) is 24.7. The Morgan fingerprint density at radius 1 is 0.968 bits per heavy atom. The van der Waals surface area contributed by atoms with Crippen LogP contribution in [0.15, 0.2) is 102 Å². The van der Waals surface area contributed by atoms with Crippen LogP contribution in [0.1, 0.15) is 21.5 Å². The molecule has 0 radical (unpaired) electrons. The van der Waals surface area contributed by atoms with Crippen molar-refractivity contribution in [2.24, 2.45) is 5.10 Å². The molecule has 4 rings (SSSR count). The molecule has 0 saturated carbocycles. The van der Waals surface area contributed by atoms with Crippen LogP contribution >= 0.6 is 0 Å². The average Bonchev–Trinajstić information content (AvgIpc) is 3.34. The number of aromatic nitrogens is 1. The van der Waals surface area contributed by atoms with Crippen molar-refractivity contribution in [1.82, 2.24) is 9.99 Å². The summed E-state index contributed by atoms with van der Waals surface area (Å²) >= 11 is 0. The highest BCUT2D eigenvalue weighted by Crippen LogP contribution is 2.14. The molecule has 0 bridgehead atoms. The molecule has 1 N–H and O–H groups in total. The summed E-state index contributed by atoms with van der Waals surface area (Å²) in [6.07, 6.45) is 5.44. The molecule has 0 aliphatic carbocycles. The minimum absolute atomic E-state index is 0.282. The van der Waals surface area contributed by atoms with Crippen LogP contribution in [0.25, 0.3) is 5.69 Å². The third kappa shape index (κ3) is 5.45. The first-order valence-corrected chi connectivity index (χ1v) is 9.71. The van der Waals surface area contributed by atoms with E-state index in [1.54, 1.807) is 42.6 Å². The predicted octanol–water partition coefficient (Wildman–Crippen LogP) is 4.96. The van der Waals surface area contributed by atoms with E-state index in [0.29, 0.717) is 11.3 Å². The normalized spacial score (nSPS) is 10.9. The van der Waals surface area contributed by atoms with Crippen molar-refractivity contribution in [3.63, 3.8) is 0 Å². The van der Waals surface area contributed by atoms with E-state index in [4.69, 9.17) is 4.74 Å². The van der Waals surface area contributed by atoms with Crippen LogP contribution in [0.5, 0.6) is 5.75 Å². The number of hydrogen-bond donors (Lipinski definition) is 1. The van der Waals surface area contributed by atoms with Gasteiger partial charge in [0.2, 0.25) is 0 Å². The summed E-state index contributed by atoms with van der Waals surface area (Å²) < 4.78 is 20.8. The van der Waals surface area contributed by atoms with Gasteiger partial charge in [-0.25, -0.2) is 9.82 Å². The van der Waals surface area contributed by atoms with Gasteiger partial charge in [-0.3, -0.25) is 4.79 Å². The van der Waals surface area contributed by atoms with E-state index >= 15 is 0 Å². The van der Waals surface area contributed by atoms with Crippen molar-refractivity contribution in [1.29, 1.82) is 0 Å². The lowest BCUT2D eigenvalue weighted by molar-refractivity contribution is 0.0955. The third-order valence-electron chi connectivity index (χ3n) is 4.59. The van der Waals surface area contributed by atoms with Gasteiger partial charge in [0, 0.05) is 23.6 Å². The van der Waals surface area contributed by atoms with Crippen LogP contribution in [0.2, 0.25) is 0 Å². The monoisotopic (exact) mass is 413 g/mol. The highest BCUT2D eigenvalue weighted by molar-refractivity contribution is 5.95. The van der Waals surface area contributed by atoms with Gasteiger partial charge < -0.3 is 9.30 Å². The second-order valence-corrected chi connectivity index (χ2v) is 6.82. The van der Waals surface area contributed by atoms with Crippen molar-refractivity contribution >= 4 is 12.1 Å². The van der Waals surface area contributed by atoms with Crippen molar-refractivity contribution in [3.8, 4) is 11.4 Å². The molecule has 1 amide bonds. The molecule has 0 aliphatic heterocycles. The smallest absolute Gasteiger partial charge is 0.271 e. The molecule has 4 aromatic rings. The highest BCUT2D eigenvalue weighted by atomic mass is 19.1. The summed E-state index contributed by atoms with van der Waals surface area (Å²) in [5, 5.41) is 4.01. The van der Waals surface area contributed by atoms with E-state index in [2.05, 4.69) is 10.5 Å². The number of benzene rings is 3. The average molecular weight is 413 g/mol. The minimum atomic E-state index is -0.287. The maximum atomic E-state index is 13.2. The van der Waals surface area contributed by atoms with Gasteiger partial charge >= 0.3 is 0 Å². The topological polar surface area (TPSA) is 55.6 Å². The van der Waals surface area contributed by atoms with Crippen LogP contribution in [0, 0.1) is 5.82 Å². The zero-order chi connectivity index (χ0) is 21.5. The second kappa shape index (κ2) is 9.54. The zero-order valence-corrected chi connectivity index (χ0v) is 16.6. The molecule has 154 valence electrons. The summed E-state index contributed by atoms with van der Waals surface area (Å²) in [5.74, 6) is 0.0881. The fourth-order valence-corrected chi connectivity index (χ4v) is 2.97. The van der Waals surface area contributed by atoms with E-state index < -0.39 is 0 Å². The Balaban J connectivity index is 1.29. The standard InChI is InChI=1S/C25H20FN3O2/c26-22-5-3-4-20(16-22)18-31-24-12-6-19(7-13-24)17-27-28-25(30)21-8-10-23(11-9-21)29-14-1-2-15-29/h1-17H,18H2,(H,28,30)/b27-17+. The molecular weight excluding hydrogens is 393 g/mol. The Hall–Kier alpha value is -4.19. The lowest BCUT2D eigenvalue weighted by atomic mass is 10.2. The molecule has 3 aromatic carbocycles. The number of hydrazone groups is 1. The Labute approximate surface area is 179 Å². The number of halogens is 1. The first kappa shape index (κ1) is 20.1. The molecule has 0 spiro atoms. The van der Waals surface area contributed by atoms with Gasteiger partial charge in [0.15, 0.2) is 0 Å². The van der Waals surface area contributed by atoms with Crippen LogP contribution in [-0.2, 0) is 6.61 Å². The van der Waals surface area contributed by atoms with Crippen molar-refractivity contribution in [2.75, 3.05) is 0 Å². The maximum absolute atomic E-state index is 13.2.